The van der Waals surface area contributed by atoms with E-state index >= 15 is 0 Å². The molecule has 1 aromatic heterocycles. The van der Waals surface area contributed by atoms with E-state index in [1.54, 1.807) is 18.2 Å². The Balaban J connectivity index is 1.62. The third-order valence-electron chi connectivity index (χ3n) is 4.01. The van der Waals surface area contributed by atoms with Crippen LogP contribution in [0.3, 0.4) is 0 Å². The van der Waals surface area contributed by atoms with Crippen LogP contribution in [0.5, 0.6) is 5.75 Å². The molecule has 0 bridgehead atoms. The zero-order chi connectivity index (χ0) is 18.3. The van der Waals surface area contributed by atoms with Gasteiger partial charge in [-0.25, -0.2) is 4.79 Å². The highest BCUT2D eigenvalue weighted by atomic mass is 19.4. The van der Waals surface area contributed by atoms with Crippen molar-refractivity contribution in [2.24, 2.45) is 0 Å². The number of hydrogen-bond donors (Lipinski definition) is 0. The maximum Gasteiger partial charge on any atom is 0.416 e. The fraction of sp³-hybridized carbons (Fsp3) is 0.0500. The van der Waals surface area contributed by atoms with Gasteiger partial charge in [-0.1, -0.05) is 18.2 Å². The number of para-hydroxylation sites is 1. The van der Waals surface area contributed by atoms with Gasteiger partial charge in [-0.3, -0.25) is 0 Å². The molecular formula is C20H11F3O3. The summed E-state index contributed by atoms with van der Waals surface area (Å²) in [5.74, 6) is -0.445. The van der Waals surface area contributed by atoms with Gasteiger partial charge in [-0.2, -0.15) is 13.2 Å². The summed E-state index contributed by atoms with van der Waals surface area (Å²) >= 11 is 0. The Bertz CT molecular complexity index is 1110. The van der Waals surface area contributed by atoms with Crippen LogP contribution < -0.4 is 4.74 Å². The smallest absolute Gasteiger partial charge is 0.416 e. The number of rotatable bonds is 2. The van der Waals surface area contributed by atoms with Crippen LogP contribution in [0.15, 0.2) is 71.1 Å². The number of carbonyl (C=O) groups excluding carboxylic acids is 1. The van der Waals surface area contributed by atoms with Crippen molar-refractivity contribution in [1.82, 2.24) is 0 Å². The third-order valence-corrected chi connectivity index (χ3v) is 4.01. The molecule has 0 aliphatic rings. The average Bonchev–Trinajstić information content (AvgIpc) is 2.99. The zero-order valence-electron chi connectivity index (χ0n) is 13.2. The molecule has 4 rings (SSSR count). The van der Waals surface area contributed by atoms with E-state index in [0.717, 1.165) is 35.0 Å². The van der Waals surface area contributed by atoms with Gasteiger partial charge in [0, 0.05) is 10.8 Å². The zero-order valence-corrected chi connectivity index (χ0v) is 13.2. The molecule has 1 heterocycles. The number of hydrogen-bond acceptors (Lipinski definition) is 3. The molecule has 26 heavy (non-hydrogen) atoms. The number of carbonyl (C=O) groups is 1. The molecule has 0 atom stereocenters. The number of furan rings is 1. The molecule has 0 amide bonds. The maximum atomic E-state index is 12.6. The van der Waals surface area contributed by atoms with Gasteiger partial charge < -0.3 is 9.15 Å². The van der Waals surface area contributed by atoms with Crippen LogP contribution in [0.1, 0.15) is 15.9 Å². The molecule has 0 aliphatic carbocycles. The lowest BCUT2D eigenvalue weighted by molar-refractivity contribution is -0.137. The number of benzene rings is 3. The molecule has 0 saturated carbocycles. The van der Waals surface area contributed by atoms with E-state index in [0.29, 0.717) is 11.2 Å². The van der Waals surface area contributed by atoms with Gasteiger partial charge in [0.2, 0.25) is 0 Å². The van der Waals surface area contributed by atoms with Crippen LogP contribution >= 0.6 is 0 Å². The first-order valence-corrected chi connectivity index (χ1v) is 7.72. The lowest BCUT2D eigenvalue weighted by Gasteiger charge is -2.08. The minimum atomic E-state index is -4.45. The third kappa shape index (κ3) is 2.90. The Morgan fingerprint density at radius 1 is 0.846 bits per heavy atom. The molecule has 0 spiro atoms. The fourth-order valence-corrected chi connectivity index (χ4v) is 2.73. The Morgan fingerprint density at radius 3 is 2.27 bits per heavy atom. The molecule has 3 nitrogen and oxygen atoms in total. The molecule has 0 radical (unpaired) electrons. The number of alkyl halides is 3. The molecule has 0 aliphatic heterocycles. The van der Waals surface area contributed by atoms with E-state index in [9.17, 15) is 18.0 Å². The Labute approximate surface area is 145 Å². The molecule has 0 unspecified atom stereocenters. The standard InChI is InChI=1S/C20H11F3O3/c21-20(22,23)13-7-5-12(6-8-13)19(24)25-14-9-10-18-16(11-14)15-3-1-2-4-17(15)26-18/h1-11H. The van der Waals surface area contributed by atoms with Gasteiger partial charge in [0.15, 0.2) is 0 Å². The normalized spacial score (nSPS) is 11.8. The van der Waals surface area contributed by atoms with E-state index in [4.69, 9.17) is 9.15 Å². The number of halogens is 3. The molecular weight excluding hydrogens is 345 g/mol. The van der Waals surface area contributed by atoms with Gasteiger partial charge in [-0.05, 0) is 48.5 Å². The second kappa shape index (κ2) is 5.91. The maximum absolute atomic E-state index is 12.6. The van der Waals surface area contributed by atoms with Gasteiger partial charge in [-0.15, -0.1) is 0 Å². The number of fused-ring (bicyclic) bond motifs is 3. The summed E-state index contributed by atoms with van der Waals surface area (Å²) in [6.07, 6.45) is -4.45. The second-order valence-corrected chi connectivity index (χ2v) is 5.72. The average molecular weight is 356 g/mol. The molecule has 3 aromatic carbocycles. The Morgan fingerprint density at radius 2 is 1.54 bits per heavy atom. The summed E-state index contributed by atoms with van der Waals surface area (Å²) in [4.78, 5) is 12.2. The van der Waals surface area contributed by atoms with Crippen LogP contribution in [0.2, 0.25) is 0 Å². The molecule has 4 aromatic rings. The van der Waals surface area contributed by atoms with Crippen LogP contribution in [0.4, 0.5) is 13.2 Å². The SMILES string of the molecule is O=C(Oc1ccc2oc3ccccc3c2c1)c1ccc(C(F)(F)F)cc1. The van der Waals surface area contributed by atoms with E-state index in [1.165, 1.54) is 0 Å². The van der Waals surface area contributed by atoms with Gasteiger partial charge >= 0.3 is 12.1 Å². The van der Waals surface area contributed by atoms with Crippen molar-refractivity contribution in [3.05, 3.63) is 77.9 Å². The summed E-state index contributed by atoms with van der Waals surface area (Å²) in [5.41, 5.74) is 0.588. The number of esters is 1. The lowest BCUT2D eigenvalue weighted by Crippen LogP contribution is -2.10. The molecule has 130 valence electrons. The fourth-order valence-electron chi connectivity index (χ4n) is 2.73. The topological polar surface area (TPSA) is 39.4 Å². The van der Waals surface area contributed by atoms with E-state index in [2.05, 4.69) is 0 Å². The molecule has 0 fully saturated rings. The van der Waals surface area contributed by atoms with Crippen LogP contribution in [-0.2, 0) is 6.18 Å². The van der Waals surface area contributed by atoms with E-state index < -0.39 is 17.7 Å². The lowest BCUT2D eigenvalue weighted by atomic mass is 10.1. The van der Waals surface area contributed by atoms with Gasteiger partial charge in [0.25, 0.3) is 0 Å². The first-order chi connectivity index (χ1) is 12.4. The minimum Gasteiger partial charge on any atom is -0.456 e. The van der Waals surface area contributed by atoms with Crippen LogP contribution in [0, 0.1) is 0 Å². The van der Waals surface area contributed by atoms with Crippen LogP contribution in [0.25, 0.3) is 21.9 Å². The highest BCUT2D eigenvalue weighted by molar-refractivity contribution is 6.05. The largest absolute Gasteiger partial charge is 0.456 e. The van der Waals surface area contributed by atoms with E-state index in [1.807, 2.05) is 24.3 Å². The minimum absolute atomic E-state index is 0.0372. The van der Waals surface area contributed by atoms with Crippen molar-refractivity contribution < 1.29 is 27.1 Å². The number of ether oxygens (including phenoxy) is 1. The highest BCUT2D eigenvalue weighted by Crippen LogP contribution is 2.32. The second-order valence-electron chi connectivity index (χ2n) is 5.72. The monoisotopic (exact) mass is 356 g/mol. The highest BCUT2D eigenvalue weighted by Gasteiger charge is 2.30. The summed E-state index contributed by atoms with van der Waals surface area (Å²) in [6, 6.07) is 16.3. The predicted molar refractivity (Wildman–Crippen MR) is 90.1 cm³/mol. The molecule has 0 N–H and O–H groups in total. The van der Waals surface area contributed by atoms with Crippen molar-refractivity contribution >= 4 is 27.9 Å². The molecule has 6 heteroatoms. The molecule has 0 saturated heterocycles. The van der Waals surface area contributed by atoms with Gasteiger partial charge in [0.1, 0.15) is 16.9 Å². The summed E-state index contributed by atoms with van der Waals surface area (Å²) in [5, 5.41) is 1.67. The van der Waals surface area contributed by atoms with Crippen molar-refractivity contribution in [1.29, 1.82) is 0 Å². The van der Waals surface area contributed by atoms with Crippen molar-refractivity contribution in [2.75, 3.05) is 0 Å². The first-order valence-electron chi connectivity index (χ1n) is 7.72. The van der Waals surface area contributed by atoms with E-state index in [-0.39, 0.29) is 11.3 Å². The Kier molecular flexibility index (Phi) is 3.68. The first kappa shape index (κ1) is 16.2. The van der Waals surface area contributed by atoms with Crippen molar-refractivity contribution in [3.8, 4) is 5.75 Å². The summed E-state index contributed by atoms with van der Waals surface area (Å²) in [7, 11) is 0. The Hall–Kier alpha value is -3.28. The quantitative estimate of drug-likeness (QED) is 0.335. The van der Waals surface area contributed by atoms with Gasteiger partial charge in [0.05, 0.1) is 11.1 Å². The van der Waals surface area contributed by atoms with Crippen molar-refractivity contribution in [2.45, 2.75) is 6.18 Å². The summed E-state index contributed by atoms with van der Waals surface area (Å²) < 4.78 is 48.7. The van der Waals surface area contributed by atoms with Crippen molar-refractivity contribution in [3.63, 3.8) is 0 Å². The predicted octanol–water partition coefficient (Wildman–Crippen LogP) is 5.82. The van der Waals surface area contributed by atoms with Crippen LogP contribution in [-0.4, -0.2) is 5.97 Å². The summed E-state index contributed by atoms with van der Waals surface area (Å²) in [6.45, 7) is 0.